The lowest BCUT2D eigenvalue weighted by Crippen LogP contribution is -2.40. The fraction of sp³-hybridized carbons (Fsp3) is 0.136. The highest BCUT2D eigenvalue weighted by molar-refractivity contribution is 5.90. The molecule has 0 aliphatic carbocycles. The average Bonchev–Trinajstić information content (AvgIpc) is 3.13. The molecule has 28 heavy (non-hydrogen) atoms. The Labute approximate surface area is 160 Å². The first-order valence-corrected chi connectivity index (χ1v) is 9.20. The Kier molecular flexibility index (Phi) is 3.65. The minimum Gasteiger partial charge on any atom is -0.310 e. The van der Waals surface area contributed by atoms with Gasteiger partial charge in [-0.05, 0) is 30.5 Å². The number of nitrogens with zero attached hydrogens (tertiary/aromatic N) is 4. The standard InChI is InChI=1S/C22H18N4O2/c1-15-9-11-17(12-10-15)24-13-14-25-20(24)23-21(27)26(22(25)28)19-8-4-6-16-5-2-3-7-18(16)19/h2-12H,13-14H2,1H3. The number of anilines is 2. The molecule has 3 aromatic carbocycles. The monoisotopic (exact) mass is 370 g/mol. The maximum Gasteiger partial charge on any atom is 0.359 e. The number of rotatable bonds is 2. The summed E-state index contributed by atoms with van der Waals surface area (Å²) in [5, 5.41) is 1.82. The van der Waals surface area contributed by atoms with Gasteiger partial charge in [0.15, 0.2) is 0 Å². The van der Waals surface area contributed by atoms with Crippen molar-refractivity contribution in [3.63, 3.8) is 0 Å². The summed E-state index contributed by atoms with van der Waals surface area (Å²) < 4.78 is 2.74. The second-order valence-electron chi connectivity index (χ2n) is 6.95. The first-order chi connectivity index (χ1) is 13.6. The zero-order chi connectivity index (χ0) is 19.3. The van der Waals surface area contributed by atoms with E-state index in [0.29, 0.717) is 24.7 Å². The molecule has 1 aliphatic rings. The highest BCUT2D eigenvalue weighted by Crippen LogP contribution is 2.27. The van der Waals surface area contributed by atoms with Gasteiger partial charge in [0, 0.05) is 24.2 Å². The van der Waals surface area contributed by atoms with E-state index in [1.54, 1.807) is 10.6 Å². The number of hydrogen-bond acceptors (Lipinski definition) is 4. The van der Waals surface area contributed by atoms with Crippen LogP contribution in [0.25, 0.3) is 16.5 Å². The molecule has 0 saturated heterocycles. The van der Waals surface area contributed by atoms with Crippen molar-refractivity contribution in [3.8, 4) is 5.69 Å². The molecule has 2 heterocycles. The minimum atomic E-state index is -0.563. The van der Waals surface area contributed by atoms with Crippen LogP contribution in [0.5, 0.6) is 0 Å². The molecule has 0 atom stereocenters. The maximum atomic E-state index is 13.2. The smallest absolute Gasteiger partial charge is 0.310 e. The van der Waals surface area contributed by atoms with E-state index < -0.39 is 5.69 Å². The fourth-order valence-electron chi connectivity index (χ4n) is 3.76. The maximum absolute atomic E-state index is 13.2. The summed E-state index contributed by atoms with van der Waals surface area (Å²) >= 11 is 0. The van der Waals surface area contributed by atoms with E-state index in [0.717, 1.165) is 22.0 Å². The number of fused-ring (bicyclic) bond motifs is 2. The molecule has 5 rings (SSSR count). The van der Waals surface area contributed by atoms with Crippen molar-refractivity contribution in [2.24, 2.45) is 0 Å². The second kappa shape index (κ2) is 6.20. The van der Waals surface area contributed by atoms with Crippen LogP contribution in [-0.2, 0) is 6.54 Å². The average molecular weight is 370 g/mol. The van der Waals surface area contributed by atoms with Crippen molar-refractivity contribution in [3.05, 3.63) is 93.3 Å². The summed E-state index contributed by atoms with van der Waals surface area (Å²) in [6, 6.07) is 21.3. The lowest BCUT2D eigenvalue weighted by Gasteiger charge is -2.17. The molecule has 1 aliphatic heterocycles. The predicted octanol–water partition coefficient (Wildman–Crippen LogP) is 3.01. The van der Waals surface area contributed by atoms with Gasteiger partial charge < -0.3 is 4.90 Å². The molecule has 0 fully saturated rings. The number of benzene rings is 3. The van der Waals surface area contributed by atoms with Crippen LogP contribution in [-0.4, -0.2) is 20.7 Å². The summed E-state index contributed by atoms with van der Waals surface area (Å²) in [5.41, 5.74) is 1.71. The van der Waals surface area contributed by atoms with Gasteiger partial charge in [-0.1, -0.05) is 54.1 Å². The van der Waals surface area contributed by atoms with Crippen molar-refractivity contribution < 1.29 is 0 Å². The van der Waals surface area contributed by atoms with Gasteiger partial charge in [-0.25, -0.2) is 14.2 Å². The Hall–Kier alpha value is -3.67. The normalized spacial score (nSPS) is 13.1. The van der Waals surface area contributed by atoms with Crippen LogP contribution in [0, 0.1) is 6.92 Å². The molecule has 1 aromatic heterocycles. The van der Waals surface area contributed by atoms with Crippen molar-refractivity contribution in [1.29, 1.82) is 0 Å². The van der Waals surface area contributed by atoms with Gasteiger partial charge >= 0.3 is 11.4 Å². The second-order valence-corrected chi connectivity index (χ2v) is 6.95. The third-order valence-electron chi connectivity index (χ3n) is 5.19. The Morgan fingerprint density at radius 3 is 2.43 bits per heavy atom. The fourth-order valence-corrected chi connectivity index (χ4v) is 3.76. The molecule has 6 heteroatoms. The Balaban J connectivity index is 1.71. The van der Waals surface area contributed by atoms with E-state index in [1.807, 2.05) is 72.5 Å². The molecule has 138 valence electrons. The number of aryl methyl sites for hydroxylation is 1. The van der Waals surface area contributed by atoms with Crippen molar-refractivity contribution in [1.82, 2.24) is 14.1 Å². The first kappa shape index (κ1) is 16.5. The topological polar surface area (TPSA) is 60.1 Å². The van der Waals surface area contributed by atoms with Crippen LogP contribution < -0.4 is 16.3 Å². The van der Waals surface area contributed by atoms with Crippen molar-refractivity contribution >= 4 is 22.4 Å². The quantitative estimate of drug-likeness (QED) is 0.544. The van der Waals surface area contributed by atoms with Gasteiger partial charge in [-0.15, -0.1) is 0 Å². The van der Waals surface area contributed by atoms with Crippen molar-refractivity contribution in [2.45, 2.75) is 13.5 Å². The third-order valence-corrected chi connectivity index (χ3v) is 5.19. The van der Waals surface area contributed by atoms with E-state index in [-0.39, 0.29) is 5.69 Å². The largest absolute Gasteiger partial charge is 0.359 e. The summed E-state index contributed by atoms with van der Waals surface area (Å²) in [6.07, 6.45) is 0. The lowest BCUT2D eigenvalue weighted by molar-refractivity contribution is 0.674. The Morgan fingerprint density at radius 2 is 1.61 bits per heavy atom. The molecular formula is C22H18N4O2. The molecule has 0 spiro atoms. The van der Waals surface area contributed by atoms with Crippen LogP contribution >= 0.6 is 0 Å². The van der Waals surface area contributed by atoms with Crippen LogP contribution in [0.3, 0.4) is 0 Å². The van der Waals surface area contributed by atoms with Gasteiger partial charge in [-0.2, -0.15) is 4.98 Å². The van der Waals surface area contributed by atoms with Gasteiger partial charge in [0.05, 0.1) is 5.69 Å². The van der Waals surface area contributed by atoms with Crippen LogP contribution in [0.2, 0.25) is 0 Å². The van der Waals surface area contributed by atoms with Gasteiger partial charge in [-0.3, -0.25) is 4.57 Å². The number of hydrogen-bond donors (Lipinski definition) is 0. The van der Waals surface area contributed by atoms with E-state index in [1.165, 1.54) is 4.57 Å². The minimum absolute atomic E-state index is 0.360. The zero-order valence-electron chi connectivity index (χ0n) is 15.4. The molecule has 0 unspecified atom stereocenters. The molecule has 0 radical (unpaired) electrons. The Bertz CT molecular complexity index is 1310. The molecule has 0 N–H and O–H groups in total. The highest BCUT2D eigenvalue weighted by Gasteiger charge is 2.26. The molecule has 0 amide bonds. The van der Waals surface area contributed by atoms with Gasteiger partial charge in [0.1, 0.15) is 0 Å². The number of aromatic nitrogens is 3. The summed E-state index contributed by atoms with van der Waals surface area (Å²) in [7, 11) is 0. The molecule has 4 aromatic rings. The van der Waals surface area contributed by atoms with E-state index in [9.17, 15) is 9.59 Å². The molecule has 0 saturated carbocycles. The summed E-state index contributed by atoms with van der Waals surface area (Å²) in [5.74, 6) is 0.398. The molecular weight excluding hydrogens is 352 g/mol. The van der Waals surface area contributed by atoms with E-state index in [4.69, 9.17) is 0 Å². The predicted molar refractivity (Wildman–Crippen MR) is 110 cm³/mol. The zero-order valence-corrected chi connectivity index (χ0v) is 15.4. The SMILES string of the molecule is Cc1ccc(N2CCn3c2nc(=O)n(-c2cccc4ccccc24)c3=O)cc1. The van der Waals surface area contributed by atoms with E-state index >= 15 is 0 Å². The van der Waals surface area contributed by atoms with Crippen molar-refractivity contribution in [2.75, 3.05) is 11.4 Å². The summed E-state index contributed by atoms with van der Waals surface area (Å²) in [6.45, 7) is 3.11. The van der Waals surface area contributed by atoms with Crippen LogP contribution in [0.1, 0.15) is 5.56 Å². The molecule has 6 nitrogen and oxygen atoms in total. The highest BCUT2D eigenvalue weighted by atomic mass is 16.2. The van der Waals surface area contributed by atoms with Crippen LogP contribution in [0.15, 0.2) is 76.3 Å². The van der Waals surface area contributed by atoms with Gasteiger partial charge in [0.2, 0.25) is 5.95 Å². The van der Waals surface area contributed by atoms with Gasteiger partial charge in [0.25, 0.3) is 0 Å². The lowest BCUT2D eigenvalue weighted by atomic mass is 10.1. The van der Waals surface area contributed by atoms with Crippen LogP contribution in [0.4, 0.5) is 11.6 Å². The first-order valence-electron chi connectivity index (χ1n) is 9.20. The third kappa shape index (κ3) is 2.45. The molecule has 0 bridgehead atoms. The van der Waals surface area contributed by atoms with E-state index in [2.05, 4.69) is 4.98 Å². The summed E-state index contributed by atoms with van der Waals surface area (Å²) in [4.78, 5) is 32.3. The Morgan fingerprint density at radius 1 is 0.857 bits per heavy atom.